The van der Waals surface area contributed by atoms with Crippen LogP contribution in [0.4, 0.5) is 0 Å². The first-order valence-corrected chi connectivity index (χ1v) is 5.39. The van der Waals surface area contributed by atoms with Crippen molar-refractivity contribution in [3.63, 3.8) is 0 Å². The van der Waals surface area contributed by atoms with Crippen molar-refractivity contribution in [2.75, 3.05) is 13.1 Å². The first kappa shape index (κ1) is 10.1. The molecule has 0 radical (unpaired) electrons. The van der Waals surface area contributed by atoms with Gasteiger partial charge in [0.1, 0.15) is 0 Å². The monoisotopic (exact) mass is 231 g/mol. The highest BCUT2D eigenvalue weighted by Gasteiger charge is 2.16. The fourth-order valence-corrected chi connectivity index (χ4v) is 1.93. The minimum atomic E-state index is 0.278. The van der Waals surface area contributed by atoms with E-state index < -0.39 is 0 Å². The van der Waals surface area contributed by atoms with E-state index in [0.29, 0.717) is 10.9 Å². The van der Waals surface area contributed by atoms with Crippen molar-refractivity contribution in [1.29, 1.82) is 0 Å². The largest absolute Gasteiger partial charge is 0.316 e. The van der Waals surface area contributed by atoms with Crippen molar-refractivity contribution in [3.8, 4) is 0 Å². The van der Waals surface area contributed by atoms with Gasteiger partial charge in [0.05, 0.1) is 10.7 Å². The van der Waals surface area contributed by atoms with Gasteiger partial charge in [0.25, 0.3) is 0 Å². The van der Waals surface area contributed by atoms with E-state index >= 15 is 0 Å². The van der Waals surface area contributed by atoms with Crippen LogP contribution in [-0.2, 0) is 6.42 Å². The number of hydrogen-bond donors (Lipinski definition) is 1. The highest BCUT2D eigenvalue weighted by Crippen LogP contribution is 2.20. The van der Waals surface area contributed by atoms with Gasteiger partial charge in [-0.05, 0) is 37.9 Å². The molecule has 2 rings (SSSR count). The van der Waals surface area contributed by atoms with Gasteiger partial charge in [0.15, 0.2) is 5.15 Å². The van der Waals surface area contributed by atoms with E-state index in [9.17, 15) is 0 Å². The third kappa shape index (κ3) is 2.35. The smallest absolute Gasteiger partial charge is 0.170 e. The Hall–Kier alpha value is -0.380. The number of halogens is 2. The lowest BCUT2D eigenvalue weighted by Gasteiger charge is -2.06. The van der Waals surface area contributed by atoms with Crippen molar-refractivity contribution in [2.24, 2.45) is 5.92 Å². The van der Waals surface area contributed by atoms with Gasteiger partial charge in [-0.25, -0.2) is 0 Å². The Labute approximate surface area is 92.8 Å². The van der Waals surface area contributed by atoms with E-state index in [-0.39, 0.29) is 5.15 Å². The Bertz CT molecular complexity index is 324. The second kappa shape index (κ2) is 4.43. The Morgan fingerprint density at radius 1 is 1.43 bits per heavy atom. The molecule has 3 nitrogen and oxygen atoms in total. The molecule has 1 N–H and O–H groups in total. The van der Waals surface area contributed by atoms with Crippen LogP contribution in [-0.4, -0.2) is 23.3 Å². The standard InChI is InChI=1S/C9H11Cl2N3/c10-8-4-7(13-14-9(8)11)3-6-1-2-12-5-6/h4,6,12H,1-3,5H2. The molecule has 76 valence electrons. The van der Waals surface area contributed by atoms with Crippen LogP contribution < -0.4 is 5.32 Å². The molecule has 1 unspecified atom stereocenters. The predicted molar refractivity (Wildman–Crippen MR) is 56.7 cm³/mol. The molecule has 1 saturated heterocycles. The lowest BCUT2D eigenvalue weighted by atomic mass is 10.0. The first-order valence-electron chi connectivity index (χ1n) is 4.64. The van der Waals surface area contributed by atoms with Gasteiger partial charge < -0.3 is 5.32 Å². The number of hydrogen-bond acceptors (Lipinski definition) is 3. The molecular weight excluding hydrogens is 221 g/mol. The molecule has 0 bridgehead atoms. The molecule has 14 heavy (non-hydrogen) atoms. The van der Waals surface area contributed by atoms with Crippen LogP contribution in [0.5, 0.6) is 0 Å². The maximum atomic E-state index is 5.85. The molecular formula is C9H11Cl2N3. The predicted octanol–water partition coefficient (Wildman–Crippen LogP) is 1.94. The van der Waals surface area contributed by atoms with Crippen LogP contribution in [0.1, 0.15) is 12.1 Å². The normalized spacial score (nSPS) is 21.4. The highest BCUT2D eigenvalue weighted by molar-refractivity contribution is 6.41. The maximum absolute atomic E-state index is 5.85. The molecule has 1 aliphatic heterocycles. The zero-order valence-electron chi connectivity index (χ0n) is 7.63. The van der Waals surface area contributed by atoms with Gasteiger partial charge in [0, 0.05) is 0 Å². The van der Waals surface area contributed by atoms with E-state index in [0.717, 1.165) is 25.2 Å². The molecule has 0 aliphatic carbocycles. The fourth-order valence-electron chi connectivity index (χ4n) is 1.67. The minimum absolute atomic E-state index is 0.278. The van der Waals surface area contributed by atoms with Crippen LogP contribution in [0.3, 0.4) is 0 Å². The van der Waals surface area contributed by atoms with Crippen LogP contribution in [0.2, 0.25) is 10.2 Å². The van der Waals surface area contributed by atoms with Gasteiger partial charge in [-0.1, -0.05) is 23.2 Å². The fraction of sp³-hybridized carbons (Fsp3) is 0.556. The Morgan fingerprint density at radius 3 is 2.93 bits per heavy atom. The number of aromatic nitrogens is 2. The summed E-state index contributed by atoms with van der Waals surface area (Å²) >= 11 is 11.5. The van der Waals surface area contributed by atoms with Crippen molar-refractivity contribution in [1.82, 2.24) is 15.5 Å². The third-order valence-electron chi connectivity index (χ3n) is 2.42. The van der Waals surface area contributed by atoms with Gasteiger partial charge in [-0.2, -0.15) is 5.10 Å². The van der Waals surface area contributed by atoms with E-state index in [1.165, 1.54) is 6.42 Å². The first-order chi connectivity index (χ1) is 6.75. The van der Waals surface area contributed by atoms with Crippen LogP contribution in [0, 0.1) is 5.92 Å². The minimum Gasteiger partial charge on any atom is -0.316 e. The van der Waals surface area contributed by atoms with Crippen molar-refractivity contribution in [2.45, 2.75) is 12.8 Å². The van der Waals surface area contributed by atoms with E-state index in [1.807, 2.05) is 0 Å². The molecule has 1 aromatic heterocycles. The van der Waals surface area contributed by atoms with Gasteiger partial charge in [-0.3, -0.25) is 0 Å². The third-order valence-corrected chi connectivity index (χ3v) is 3.08. The molecule has 0 spiro atoms. The summed E-state index contributed by atoms with van der Waals surface area (Å²) in [5.41, 5.74) is 0.924. The van der Waals surface area contributed by atoms with Gasteiger partial charge in [0.2, 0.25) is 0 Å². The second-order valence-electron chi connectivity index (χ2n) is 3.54. The van der Waals surface area contributed by atoms with E-state index in [2.05, 4.69) is 15.5 Å². The average Bonchev–Trinajstić information content (AvgIpc) is 2.64. The zero-order chi connectivity index (χ0) is 9.97. The molecule has 0 aromatic carbocycles. The number of nitrogens with zero attached hydrogens (tertiary/aromatic N) is 2. The Balaban J connectivity index is 2.05. The molecule has 2 heterocycles. The summed E-state index contributed by atoms with van der Waals surface area (Å²) in [6, 6.07) is 1.80. The van der Waals surface area contributed by atoms with Crippen LogP contribution >= 0.6 is 23.2 Å². The number of nitrogens with one attached hydrogen (secondary N) is 1. The van der Waals surface area contributed by atoms with Crippen LogP contribution in [0.25, 0.3) is 0 Å². The zero-order valence-corrected chi connectivity index (χ0v) is 9.15. The molecule has 0 saturated carbocycles. The SMILES string of the molecule is Clc1cc(CC2CCNC2)nnc1Cl. The number of rotatable bonds is 2. The summed E-state index contributed by atoms with van der Waals surface area (Å²) in [6.45, 7) is 2.15. The summed E-state index contributed by atoms with van der Waals surface area (Å²) in [4.78, 5) is 0. The molecule has 5 heteroatoms. The van der Waals surface area contributed by atoms with Crippen molar-refractivity contribution >= 4 is 23.2 Å². The lowest BCUT2D eigenvalue weighted by molar-refractivity contribution is 0.567. The molecule has 1 aliphatic rings. The molecule has 0 amide bonds. The molecule has 1 fully saturated rings. The topological polar surface area (TPSA) is 37.8 Å². The lowest BCUT2D eigenvalue weighted by Crippen LogP contribution is -2.11. The quantitative estimate of drug-likeness (QED) is 0.846. The molecule has 1 atom stereocenters. The van der Waals surface area contributed by atoms with Gasteiger partial charge in [-0.15, -0.1) is 5.10 Å². The van der Waals surface area contributed by atoms with Crippen molar-refractivity contribution < 1.29 is 0 Å². The highest BCUT2D eigenvalue weighted by atomic mass is 35.5. The van der Waals surface area contributed by atoms with Gasteiger partial charge >= 0.3 is 0 Å². The summed E-state index contributed by atoms with van der Waals surface area (Å²) in [7, 11) is 0. The summed E-state index contributed by atoms with van der Waals surface area (Å²) in [5.74, 6) is 0.654. The Morgan fingerprint density at radius 2 is 2.29 bits per heavy atom. The summed E-state index contributed by atoms with van der Waals surface area (Å²) in [6.07, 6.45) is 2.12. The maximum Gasteiger partial charge on any atom is 0.170 e. The van der Waals surface area contributed by atoms with Crippen LogP contribution in [0.15, 0.2) is 6.07 Å². The average molecular weight is 232 g/mol. The Kier molecular flexibility index (Phi) is 3.21. The van der Waals surface area contributed by atoms with E-state index in [1.54, 1.807) is 6.07 Å². The van der Waals surface area contributed by atoms with E-state index in [4.69, 9.17) is 23.2 Å². The second-order valence-corrected chi connectivity index (χ2v) is 4.30. The summed E-state index contributed by atoms with van der Waals surface area (Å²) in [5, 5.41) is 11.9. The molecule has 1 aromatic rings. The summed E-state index contributed by atoms with van der Waals surface area (Å²) < 4.78 is 0. The van der Waals surface area contributed by atoms with Crippen molar-refractivity contribution in [3.05, 3.63) is 21.9 Å².